The Morgan fingerprint density at radius 2 is 1.11 bits per heavy atom. The van der Waals surface area contributed by atoms with Crippen LogP contribution in [0.25, 0.3) is 99.3 Å². The lowest BCUT2D eigenvalue weighted by atomic mass is 9.89. The van der Waals surface area contributed by atoms with Crippen molar-refractivity contribution in [3.63, 3.8) is 0 Å². The molecule has 4 heteroatoms. The van der Waals surface area contributed by atoms with Crippen molar-refractivity contribution in [1.82, 2.24) is 15.0 Å². The second kappa shape index (κ2) is 12.8. The van der Waals surface area contributed by atoms with E-state index in [2.05, 4.69) is 176 Å². The van der Waals surface area contributed by atoms with E-state index in [4.69, 9.17) is 19.4 Å². The van der Waals surface area contributed by atoms with Gasteiger partial charge in [-0.25, -0.2) is 15.0 Å². The summed E-state index contributed by atoms with van der Waals surface area (Å²) in [7, 11) is 0. The Hall–Kier alpha value is -7.17. The van der Waals surface area contributed by atoms with Crippen LogP contribution in [0.1, 0.15) is 18.2 Å². The fourth-order valence-corrected chi connectivity index (χ4v) is 8.36. The number of benzene rings is 8. The molecule has 55 heavy (non-hydrogen) atoms. The Morgan fingerprint density at radius 1 is 0.455 bits per heavy atom. The second-order valence-electron chi connectivity index (χ2n) is 14.3. The lowest BCUT2D eigenvalue weighted by molar-refractivity contribution is 0.670. The van der Waals surface area contributed by atoms with Crippen LogP contribution in [0.3, 0.4) is 0 Å². The van der Waals surface area contributed by atoms with Gasteiger partial charge < -0.3 is 4.42 Å². The summed E-state index contributed by atoms with van der Waals surface area (Å²) >= 11 is 0. The molecule has 2 heterocycles. The smallest absolute Gasteiger partial charge is 0.164 e. The molecule has 0 saturated carbocycles. The predicted octanol–water partition coefficient (Wildman–Crippen LogP) is 13.5. The monoisotopic (exact) mass is 703 g/mol. The number of allylic oxidation sites excluding steroid dienone is 4. The highest BCUT2D eigenvalue weighted by Gasteiger charge is 2.22. The fourth-order valence-electron chi connectivity index (χ4n) is 8.36. The zero-order chi connectivity index (χ0) is 36.3. The Bertz CT molecular complexity index is 3200. The largest absolute Gasteiger partial charge is 0.455 e. The molecule has 10 aromatic rings. The van der Waals surface area contributed by atoms with E-state index in [9.17, 15) is 0 Å². The van der Waals surface area contributed by atoms with Gasteiger partial charge in [0.25, 0.3) is 0 Å². The summed E-state index contributed by atoms with van der Waals surface area (Å²) in [5.74, 6) is 2.19. The maximum atomic E-state index is 6.77. The summed E-state index contributed by atoms with van der Waals surface area (Å²) in [5.41, 5.74) is 8.20. The van der Waals surface area contributed by atoms with Crippen LogP contribution in [0.15, 0.2) is 186 Å². The van der Waals surface area contributed by atoms with Crippen LogP contribution in [0.2, 0.25) is 0 Å². The van der Waals surface area contributed by atoms with Gasteiger partial charge >= 0.3 is 0 Å². The summed E-state index contributed by atoms with van der Waals surface area (Å²) < 4.78 is 6.77. The second-order valence-corrected chi connectivity index (χ2v) is 14.3. The Labute approximate surface area is 317 Å². The molecule has 2 aromatic heterocycles. The van der Waals surface area contributed by atoms with E-state index >= 15 is 0 Å². The molecule has 4 nitrogen and oxygen atoms in total. The first kappa shape index (κ1) is 31.4. The Morgan fingerprint density at radius 3 is 1.96 bits per heavy atom. The van der Waals surface area contributed by atoms with Gasteiger partial charge in [-0.3, -0.25) is 0 Å². The van der Waals surface area contributed by atoms with Gasteiger partial charge in [0.15, 0.2) is 11.6 Å². The highest BCUT2D eigenvalue weighted by atomic mass is 16.3. The zero-order valence-electron chi connectivity index (χ0n) is 29.9. The molecule has 0 fully saturated rings. The molecule has 0 aliphatic heterocycles. The molecule has 0 N–H and O–H groups in total. The van der Waals surface area contributed by atoms with Crippen LogP contribution in [0.4, 0.5) is 0 Å². The first-order valence-electron chi connectivity index (χ1n) is 18.8. The molecule has 0 amide bonds. The molecule has 1 atom stereocenters. The maximum absolute atomic E-state index is 6.77. The summed E-state index contributed by atoms with van der Waals surface area (Å²) in [4.78, 5) is 15.5. The van der Waals surface area contributed by atoms with E-state index in [0.717, 1.165) is 83.7 Å². The van der Waals surface area contributed by atoms with Gasteiger partial charge in [0.05, 0.1) is 0 Å². The minimum Gasteiger partial charge on any atom is -0.455 e. The quantitative estimate of drug-likeness (QED) is 0.179. The third-order valence-electron chi connectivity index (χ3n) is 11.0. The minimum atomic E-state index is 0.0689. The molecule has 258 valence electrons. The van der Waals surface area contributed by atoms with Crippen LogP contribution in [-0.2, 0) is 0 Å². The summed E-state index contributed by atoms with van der Waals surface area (Å²) in [6, 6.07) is 55.8. The summed E-state index contributed by atoms with van der Waals surface area (Å²) in [6.07, 6.45) is 9.39. The van der Waals surface area contributed by atoms with Gasteiger partial charge in [0, 0.05) is 33.4 Å². The van der Waals surface area contributed by atoms with E-state index in [1.54, 1.807) is 0 Å². The molecule has 0 bridgehead atoms. The van der Waals surface area contributed by atoms with Crippen LogP contribution < -0.4 is 0 Å². The summed E-state index contributed by atoms with van der Waals surface area (Å²) in [5, 5.41) is 9.16. The van der Waals surface area contributed by atoms with Gasteiger partial charge in [0.2, 0.25) is 0 Å². The van der Waals surface area contributed by atoms with Crippen molar-refractivity contribution in [2.45, 2.75) is 12.3 Å². The Balaban J connectivity index is 1.12. The first-order valence-corrected chi connectivity index (χ1v) is 18.8. The Kier molecular flexibility index (Phi) is 7.27. The van der Waals surface area contributed by atoms with Gasteiger partial charge in [-0.1, -0.05) is 158 Å². The van der Waals surface area contributed by atoms with E-state index in [1.807, 2.05) is 6.07 Å². The minimum absolute atomic E-state index is 0.0689. The van der Waals surface area contributed by atoms with Gasteiger partial charge in [-0.05, 0) is 79.7 Å². The topological polar surface area (TPSA) is 51.8 Å². The zero-order valence-corrected chi connectivity index (χ0v) is 29.9. The number of rotatable bonds is 5. The number of para-hydroxylation sites is 1. The molecule has 0 spiro atoms. The van der Waals surface area contributed by atoms with Crippen molar-refractivity contribution < 1.29 is 4.42 Å². The molecule has 0 saturated heterocycles. The molecule has 0 radical (unpaired) electrons. The first-order chi connectivity index (χ1) is 27.3. The highest BCUT2D eigenvalue weighted by molar-refractivity contribution is 6.20. The van der Waals surface area contributed by atoms with Crippen LogP contribution in [-0.4, -0.2) is 15.0 Å². The molecule has 11 rings (SSSR count). The van der Waals surface area contributed by atoms with E-state index in [0.29, 0.717) is 11.6 Å². The van der Waals surface area contributed by atoms with Crippen molar-refractivity contribution in [1.29, 1.82) is 0 Å². The van der Waals surface area contributed by atoms with E-state index < -0.39 is 0 Å². The molecular weight excluding hydrogens is 671 g/mol. The van der Waals surface area contributed by atoms with E-state index in [1.165, 1.54) is 16.2 Å². The molecule has 1 unspecified atom stereocenters. The van der Waals surface area contributed by atoms with E-state index in [-0.39, 0.29) is 5.92 Å². The lowest BCUT2D eigenvalue weighted by Crippen LogP contribution is -2.08. The van der Waals surface area contributed by atoms with Crippen LogP contribution in [0.5, 0.6) is 0 Å². The third kappa shape index (κ3) is 5.25. The van der Waals surface area contributed by atoms with Crippen LogP contribution in [0, 0.1) is 0 Å². The lowest BCUT2D eigenvalue weighted by Gasteiger charge is -2.16. The third-order valence-corrected chi connectivity index (χ3v) is 11.0. The molecule has 1 aliphatic carbocycles. The number of nitrogens with zero attached hydrogens (tertiary/aromatic N) is 3. The summed E-state index contributed by atoms with van der Waals surface area (Å²) in [6.45, 7) is 0. The number of furan rings is 1. The van der Waals surface area contributed by atoms with Crippen molar-refractivity contribution in [3.05, 3.63) is 188 Å². The SMILES string of the molecule is C1=CCC(c2nc(-c3ccc4ccccc4c3)nc(-c3ccc(-c4ccc(-c5cccc6ccccc56)c5oc6ccccc6c45)c4ccccc34)n2)C=C1. The van der Waals surface area contributed by atoms with Gasteiger partial charge in [0.1, 0.15) is 17.0 Å². The number of fused-ring (bicyclic) bond motifs is 6. The normalized spacial score (nSPS) is 14.1. The fraction of sp³-hybridized carbons (Fsp3) is 0.0392. The van der Waals surface area contributed by atoms with Gasteiger partial charge in [-0.2, -0.15) is 0 Å². The molecular formula is C51H33N3O. The van der Waals surface area contributed by atoms with Gasteiger partial charge in [-0.15, -0.1) is 0 Å². The maximum Gasteiger partial charge on any atom is 0.164 e. The standard InChI is InChI=1S/C51H33N3O/c1-2-15-34(16-3-1)49-52-50(36-26-25-32-13-4-5-17-35(32)31-36)54-51(53-49)44-30-27-41(39-20-8-9-21-40(39)44)42-28-29-43(38-23-12-18-33-14-6-7-19-37(33)38)48-47(42)45-22-10-11-24-46(45)55-48/h1-15,17-31,34H,16H2. The number of aromatic nitrogens is 3. The molecule has 8 aromatic carbocycles. The van der Waals surface area contributed by atoms with Crippen LogP contribution >= 0.6 is 0 Å². The van der Waals surface area contributed by atoms with Crippen molar-refractivity contribution in [2.24, 2.45) is 0 Å². The molecule has 1 aliphatic rings. The van der Waals surface area contributed by atoms with Crippen molar-refractivity contribution >= 4 is 54.3 Å². The average molecular weight is 704 g/mol. The van der Waals surface area contributed by atoms with Crippen molar-refractivity contribution in [3.8, 4) is 45.0 Å². The average Bonchev–Trinajstić information content (AvgIpc) is 3.66. The predicted molar refractivity (Wildman–Crippen MR) is 227 cm³/mol. The number of hydrogen-bond acceptors (Lipinski definition) is 4. The van der Waals surface area contributed by atoms with Crippen molar-refractivity contribution in [2.75, 3.05) is 0 Å². The highest BCUT2D eigenvalue weighted by Crippen LogP contribution is 2.45. The number of hydrogen-bond donors (Lipinski definition) is 0.